The van der Waals surface area contributed by atoms with Crippen LogP contribution in [-0.4, -0.2) is 9.13 Å². The molecule has 0 radical (unpaired) electrons. The molecular weight excluding hydrogens is 190 g/mol. The van der Waals surface area contributed by atoms with E-state index in [1.807, 2.05) is 13.8 Å². The third kappa shape index (κ3) is 2.98. The zero-order valence-corrected chi connectivity index (χ0v) is 9.53. The summed E-state index contributed by atoms with van der Waals surface area (Å²) >= 11 is 0. The highest BCUT2D eigenvalue weighted by molar-refractivity contribution is 4.91. The van der Waals surface area contributed by atoms with Gasteiger partial charge in [0.2, 0.25) is 0 Å². The van der Waals surface area contributed by atoms with Gasteiger partial charge < -0.3 is 4.57 Å². The van der Waals surface area contributed by atoms with Gasteiger partial charge in [0.15, 0.2) is 0 Å². The van der Waals surface area contributed by atoms with E-state index >= 15 is 0 Å². The Kier molecular flexibility index (Phi) is 3.35. The topological polar surface area (TPSA) is 50.7 Å². The van der Waals surface area contributed by atoms with Crippen LogP contribution < -0.4 is 5.69 Å². The summed E-state index contributed by atoms with van der Waals surface area (Å²) in [4.78, 5) is 11.5. The molecule has 0 amide bonds. The lowest BCUT2D eigenvalue weighted by Gasteiger charge is -2.14. The molecule has 0 aliphatic rings. The van der Waals surface area contributed by atoms with Gasteiger partial charge in [-0.15, -0.1) is 0 Å². The fourth-order valence-electron chi connectivity index (χ4n) is 1.43. The van der Waals surface area contributed by atoms with Gasteiger partial charge in [-0.2, -0.15) is 5.26 Å². The van der Waals surface area contributed by atoms with Gasteiger partial charge in [-0.3, -0.25) is 4.57 Å². The molecule has 0 bridgehead atoms. The van der Waals surface area contributed by atoms with E-state index in [2.05, 4.69) is 6.07 Å². The van der Waals surface area contributed by atoms with Crippen molar-refractivity contribution in [2.45, 2.75) is 33.2 Å². The third-order valence-corrected chi connectivity index (χ3v) is 2.52. The van der Waals surface area contributed by atoms with Gasteiger partial charge in [0.1, 0.15) is 0 Å². The van der Waals surface area contributed by atoms with Crippen molar-refractivity contribution in [1.82, 2.24) is 9.13 Å². The van der Waals surface area contributed by atoms with Crippen LogP contribution in [0, 0.1) is 16.7 Å². The first-order valence-corrected chi connectivity index (χ1v) is 5.09. The lowest BCUT2D eigenvalue weighted by atomic mass is 9.90. The first-order valence-electron chi connectivity index (χ1n) is 5.09. The van der Waals surface area contributed by atoms with E-state index in [1.54, 1.807) is 28.6 Å². The Hall–Kier alpha value is -1.50. The number of aromatic nitrogens is 2. The highest BCUT2D eigenvalue weighted by Gasteiger charge is 2.15. The molecule has 0 fully saturated rings. The van der Waals surface area contributed by atoms with Crippen LogP contribution in [0.25, 0.3) is 0 Å². The Labute approximate surface area is 89.8 Å². The molecule has 0 saturated carbocycles. The van der Waals surface area contributed by atoms with Gasteiger partial charge in [0.25, 0.3) is 0 Å². The largest absolute Gasteiger partial charge is 0.327 e. The van der Waals surface area contributed by atoms with Gasteiger partial charge in [-0.1, -0.05) is 0 Å². The van der Waals surface area contributed by atoms with Gasteiger partial charge >= 0.3 is 5.69 Å². The fourth-order valence-corrected chi connectivity index (χ4v) is 1.43. The zero-order valence-electron chi connectivity index (χ0n) is 9.53. The predicted molar refractivity (Wildman–Crippen MR) is 58.3 cm³/mol. The normalized spacial score (nSPS) is 11.3. The number of nitrogens with zero attached hydrogens (tertiary/aromatic N) is 3. The molecule has 1 aromatic heterocycles. The second-order valence-electron chi connectivity index (χ2n) is 4.48. The molecular formula is C11H17N3O. The molecule has 0 atom stereocenters. The SMILES string of the molecule is Cn1ccn(CCCC(C)(C)C#N)c1=O. The summed E-state index contributed by atoms with van der Waals surface area (Å²) < 4.78 is 3.23. The second kappa shape index (κ2) is 4.35. The molecule has 4 nitrogen and oxygen atoms in total. The number of imidazole rings is 1. The summed E-state index contributed by atoms with van der Waals surface area (Å²) in [5.41, 5.74) is -0.289. The highest BCUT2D eigenvalue weighted by Crippen LogP contribution is 2.20. The van der Waals surface area contributed by atoms with Crippen LogP contribution in [0.3, 0.4) is 0 Å². The zero-order chi connectivity index (χ0) is 11.5. The van der Waals surface area contributed by atoms with Crippen molar-refractivity contribution in [3.8, 4) is 6.07 Å². The first kappa shape index (κ1) is 11.6. The molecule has 0 saturated heterocycles. The molecule has 0 unspecified atom stereocenters. The predicted octanol–water partition coefficient (Wildman–Crippen LogP) is 1.52. The summed E-state index contributed by atoms with van der Waals surface area (Å²) in [5.74, 6) is 0. The lowest BCUT2D eigenvalue weighted by molar-refractivity contribution is 0.412. The molecule has 82 valence electrons. The second-order valence-corrected chi connectivity index (χ2v) is 4.48. The van der Waals surface area contributed by atoms with Crippen molar-refractivity contribution in [2.75, 3.05) is 0 Å². The van der Waals surface area contributed by atoms with Crippen molar-refractivity contribution >= 4 is 0 Å². The van der Waals surface area contributed by atoms with Crippen LogP contribution in [0.1, 0.15) is 26.7 Å². The lowest BCUT2D eigenvalue weighted by Crippen LogP contribution is -2.22. The maximum absolute atomic E-state index is 11.5. The molecule has 4 heteroatoms. The molecule has 1 heterocycles. The van der Waals surface area contributed by atoms with E-state index < -0.39 is 0 Å². The first-order chi connectivity index (χ1) is 6.96. The number of aryl methyl sites for hydroxylation is 2. The molecule has 0 spiro atoms. The summed E-state index contributed by atoms with van der Waals surface area (Å²) in [6, 6.07) is 2.25. The Morgan fingerprint density at radius 3 is 2.60 bits per heavy atom. The maximum Gasteiger partial charge on any atom is 0.327 e. The molecule has 1 rings (SSSR count). The van der Waals surface area contributed by atoms with E-state index in [-0.39, 0.29) is 11.1 Å². The molecule has 0 aliphatic heterocycles. The van der Waals surface area contributed by atoms with Gasteiger partial charge in [0.05, 0.1) is 11.5 Å². The molecule has 1 aromatic rings. The summed E-state index contributed by atoms with van der Waals surface area (Å²) in [7, 11) is 1.73. The smallest absolute Gasteiger partial charge is 0.302 e. The minimum atomic E-state index is -0.293. The van der Waals surface area contributed by atoms with Crippen molar-refractivity contribution in [2.24, 2.45) is 12.5 Å². The summed E-state index contributed by atoms with van der Waals surface area (Å²) in [6.45, 7) is 4.52. The van der Waals surface area contributed by atoms with Crippen LogP contribution in [-0.2, 0) is 13.6 Å². The fraction of sp³-hybridized carbons (Fsp3) is 0.636. The molecule has 0 aliphatic carbocycles. The summed E-state index contributed by atoms with van der Waals surface area (Å²) in [6.07, 6.45) is 5.19. The van der Waals surface area contributed by atoms with Crippen LogP contribution in [0.5, 0.6) is 0 Å². The number of hydrogen-bond donors (Lipinski definition) is 0. The third-order valence-electron chi connectivity index (χ3n) is 2.52. The van der Waals surface area contributed by atoms with Gasteiger partial charge in [-0.05, 0) is 26.7 Å². The van der Waals surface area contributed by atoms with E-state index in [1.165, 1.54) is 0 Å². The van der Waals surface area contributed by atoms with E-state index in [9.17, 15) is 4.79 Å². The molecule has 15 heavy (non-hydrogen) atoms. The molecule has 0 aromatic carbocycles. The van der Waals surface area contributed by atoms with Crippen LogP contribution >= 0.6 is 0 Å². The monoisotopic (exact) mass is 207 g/mol. The Morgan fingerprint density at radius 1 is 1.47 bits per heavy atom. The number of rotatable bonds is 4. The average Bonchev–Trinajstić information content (AvgIpc) is 2.49. The van der Waals surface area contributed by atoms with Gasteiger partial charge in [0, 0.05) is 26.0 Å². The Morgan fingerprint density at radius 2 is 2.13 bits per heavy atom. The van der Waals surface area contributed by atoms with Crippen molar-refractivity contribution in [3.05, 3.63) is 22.9 Å². The average molecular weight is 207 g/mol. The van der Waals surface area contributed by atoms with E-state index in [4.69, 9.17) is 5.26 Å². The Balaban J connectivity index is 2.50. The van der Waals surface area contributed by atoms with Crippen molar-refractivity contribution in [1.29, 1.82) is 5.26 Å². The van der Waals surface area contributed by atoms with E-state index in [0.717, 1.165) is 12.8 Å². The van der Waals surface area contributed by atoms with Gasteiger partial charge in [-0.25, -0.2) is 4.79 Å². The van der Waals surface area contributed by atoms with Crippen LogP contribution in [0.2, 0.25) is 0 Å². The standard InChI is InChI=1S/C11H17N3O/c1-11(2,9-12)5-4-6-14-8-7-13(3)10(14)15/h7-8H,4-6H2,1-3H3. The minimum absolute atomic E-state index is 0.00441. The van der Waals surface area contributed by atoms with Crippen molar-refractivity contribution in [3.63, 3.8) is 0 Å². The van der Waals surface area contributed by atoms with Crippen molar-refractivity contribution < 1.29 is 0 Å². The maximum atomic E-state index is 11.5. The number of nitriles is 1. The van der Waals surface area contributed by atoms with E-state index in [0.29, 0.717) is 6.54 Å². The minimum Gasteiger partial charge on any atom is -0.302 e. The number of hydrogen-bond acceptors (Lipinski definition) is 2. The quantitative estimate of drug-likeness (QED) is 0.751. The highest BCUT2D eigenvalue weighted by atomic mass is 16.1. The van der Waals surface area contributed by atoms with Crippen LogP contribution in [0.4, 0.5) is 0 Å². The van der Waals surface area contributed by atoms with Crippen LogP contribution in [0.15, 0.2) is 17.2 Å². The Bertz CT molecular complexity index is 420. The molecule has 0 N–H and O–H groups in total. The summed E-state index contributed by atoms with van der Waals surface area (Å²) in [5, 5.41) is 8.83.